The molecule has 0 aliphatic rings. The number of amides is 1. The zero-order chi connectivity index (χ0) is 17.3. The second-order valence-electron chi connectivity index (χ2n) is 5.50. The van der Waals surface area contributed by atoms with Gasteiger partial charge in [-0.25, -0.2) is 4.68 Å². The number of rotatable bonds is 3. The zero-order valence-electron chi connectivity index (χ0n) is 13.2. The van der Waals surface area contributed by atoms with Crippen LogP contribution >= 0.6 is 23.2 Å². The number of benzene rings is 2. The highest BCUT2D eigenvalue weighted by Gasteiger charge is 2.12. The van der Waals surface area contributed by atoms with Gasteiger partial charge in [0.25, 0.3) is 5.91 Å². The molecule has 0 saturated carbocycles. The van der Waals surface area contributed by atoms with Gasteiger partial charge >= 0.3 is 0 Å². The van der Waals surface area contributed by atoms with E-state index in [0.717, 1.165) is 16.9 Å². The number of nitrogens with one attached hydrogen (secondary N) is 1. The summed E-state index contributed by atoms with van der Waals surface area (Å²) in [6, 6.07) is 14.6. The number of carbonyl (C=O) groups is 1. The fourth-order valence-electron chi connectivity index (χ4n) is 2.38. The Hall–Kier alpha value is -2.30. The van der Waals surface area contributed by atoms with Gasteiger partial charge in [0.2, 0.25) is 0 Å². The van der Waals surface area contributed by atoms with E-state index in [1.807, 2.05) is 44.2 Å². The van der Waals surface area contributed by atoms with Gasteiger partial charge in [-0.1, -0.05) is 35.3 Å². The number of hydrogen-bond acceptors (Lipinski definition) is 2. The van der Waals surface area contributed by atoms with E-state index < -0.39 is 0 Å². The summed E-state index contributed by atoms with van der Waals surface area (Å²) < 4.78 is 1.79. The van der Waals surface area contributed by atoms with Crippen LogP contribution in [0.3, 0.4) is 0 Å². The molecule has 0 bridgehead atoms. The molecule has 0 aliphatic carbocycles. The van der Waals surface area contributed by atoms with E-state index >= 15 is 0 Å². The number of aromatic nitrogens is 2. The topological polar surface area (TPSA) is 46.9 Å². The van der Waals surface area contributed by atoms with Crippen LogP contribution < -0.4 is 5.32 Å². The van der Waals surface area contributed by atoms with Crippen LogP contribution in [0.4, 0.5) is 5.82 Å². The zero-order valence-corrected chi connectivity index (χ0v) is 14.7. The molecular formula is C18H15Cl2N3O. The van der Waals surface area contributed by atoms with Gasteiger partial charge in [0.15, 0.2) is 5.82 Å². The van der Waals surface area contributed by atoms with Crippen LogP contribution in [0.1, 0.15) is 21.6 Å². The van der Waals surface area contributed by atoms with Crippen molar-refractivity contribution >= 4 is 34.9 Å². The van der Waals surface area contributed by atoms with E-state index in [9.17, 15) is 4.79 Å². The minimum atomic E-state index is -0.289. The van der Waals surface area contributed by atoms with Gasteiger partial charge in [-0.3, -0.25) is 4.79 Å². The first-order valence-electron chi connectivity index (χ1n) is 7.34. The maximum absolute atomic E-state index is 12.3. The molecule has 0 unspecified atom stereocenters. The first-order chi connectivity index (χ1) is 11.4. The second-order valence-corrected chi connectivity index (χ2v) is 6.32. The Morgan fingerprint density at radius 1 is 1.04 bits per heavy atom. The van der Waals surface area contributed by atoms with Crippen molar-refractivity contribution in [3.8, 4) is 5.69 Å². The van der Waals surface area contributed by atoms with Crippen molar-refractivity contribution in [1.29, 1.82) is 0 Å². The normalized spacial score (nSPS) is 10.7. The van der Waals surface area contributed by atoms with Gasteiger partial charge in [0, 0.05) is 17.3 Å². The summed E-state index contributed by atoms with van der Waals surface area (Å²) in [5.41, 5.74) is 3.43. The molecule has 1 amide bonds. The molecule has 0 fully saturated rings. The Bertz CT molecular complexity index is 918. The molecule has 3 aromatic rings. The van der Waals surface area contributed by atoms with Crippen molar-refractivity contribution < 1.29 is 4.79 Å². The van der Waals surface area contributed by atoms with Gasteiger partial charge in [0.1, 0.15) is 0 Å². The third-order valence-electron chi connectivity index (χ3n) is 3.56. The third kappa shape index (κ3) is 3.45. The number of halogens is 2. The standard InChI is InChI=1S/C18H15Cl2N3O/c1-11-4-3-5-14(8-11)23-12(2)9-17(22-23)21-18(24)13-6-7-15(19)16(20)10-13/h3-10H,1-2H3,(H,21,22,24). The van der Waals surface area contributed by atoms with Crippen LogP contribution in [-0.4, -0.2) is 15.7 Å². The summed E-state index contributed by atoms with van der Waals surface area (Å²) in [6.45, 7) is 3.96. The van der Waals surface area contributed by atoms with Gasteiger partial charge in [-0.05, 0) is 49.7 Å². The van der Waals surface area contributed by atoms with Crippen molar-refractivity contribution in [1.82, 2.24) is 9.78 Å². The highest BCUT2D eigenvalue weighted by molar-refractivity contribution is 6.42. The van der Waals surface area contributed by atoms with Crippen molar-refractivity contribution in [3.05, 3.63) is 75.4 Å². The number of hydrogen-bond donors (Lipinski definition) is 1. The Morgan fingerprint density at radius 3 is 2.54 bits per heavy atom. The molecule has 0 spiro atoms. The molecule has 1 N–H and O–H groups in total. The van der Waals surface area contributed by atoms with E-state index in [0.29, 0.717) is 21.4 Å². The SMILES string of the molecule is Cc1cccc(-n2nc(NC(=O)c3ccc(Cl)c(Cl)c3)cc2C)c1. The van der Waals surface area contributed by atoms with E-state index in [1.165, 1.54) is 6.07 Å². The summed E-state index contributed by atoms with van der Waals surface area (Å²) in [5, 5.41) is 7.98. The van der Waals surface area contributed by atoms with Crippen molar-refractivity contribution in [2.75, 3.05) is 5.32 Å². The van der Waals surface area contributed by atoms with Crippen molar-refractivity contribution in [2.24, 2.45) is 0 Å². The molecule has 0 aliphatic heterocycles. The molecule has 3 rings (SSSR count). The summed E-state index contributed by atoms with van der Waals surface area (Å²) in [4.78, 5) is 12.3. The van der Waals surface area contributed by atoms with E-state index in [2.05, 4.69) is 10.4 Å². The number of anilines is 1. The number of aryl methyl sites for hydroxylation is 2. The highest BCUT2D eigenvalue weighted by atomic mass is 35.5. The average molecular weight is 360 g/mol. The summed E-state index contributed by atoms with van der Waals surface area (Å²) in [7, 11) is 0. The van der Waals surface area contributed by atoms with Gasteiger partial charge in [0.05, 0.1) is 15.7 Å². The Morgan fingerprint density at radius 2 is 1.83 bits per heavy atom. The third-order valence-corrected chi connectivity index (χ3v) is 4.30. The second kappa shape index (κ2) is 6.67. The molecule has 0 saturated heterocycles. The predicted molar refractivity (Wildman–Crippen MR) is 97.5 cm³/mol. The van der Waals surface area contributed by atoms with E-state index in [4.69, 9.17) is 23.2 Å². The van der Waals surface area contributed by atoms with E-state index in [-0.39, 0.29) is 5.91 Å². The summed E-state index contributed by atoms with van der Waals surface area (Å²) >= 11 is 11.8. The predicted octanol–water partition coefficient (Wildman–Crippen LogP) is 5.05. The lowest BCUT2D eigenvalue weighted by molar-refractivity contribution is 0.102. The van der Waals surface area contributed by atoms with Crippen LogP contribution in [0.25, 0.3) is 5.69 Å². The largest absolute Gasteiger partial charge is 0.305 e. The lowest BCUT2D eigenvalue weighted by atomic mass is 10.2. The molecular weight excluding hydrogens is 345 g/mol. The molecule has 1 heterocycles. The number of carbonyl (C=O) groups excluding carboxylic acids is 1. The Labute approximate surface area is 150 Å². The van der Waals surface area contributed by atoms with Crippen LogP contribution in [-0.2, 0) is 0 Å². The quantitative estimate of drug-likeness (QED) is 0.711. The van der Waals surface area contributed by atoms with Gasteiger partial charge < -0.3 is 5.32 Å². The van der Waals surface area contributed by atoms with Crippen LogP contribution in [0, 0.1) is 13.8 Å². The Kier molecular flexibility index (Phi) is 4.60. The molecule has 1 aromatic heterocycles. The summed E-state index contributed by atoms with van der Waals surface area (Å²) in [6.07, 6.45) is 0. The molecule has 6 heteroatoms. The van der Waals surface area contributed by atoms with Gasteiger partial charge in [-0.15, -0.1) is 5.10 Å². The lowest BCUT2D eigenvalue weighted by Crippen LogP contribution is -2.12. The first-order valence-corrected chi connectivity index (χ1v) is 8.10. The minimum absolute atomic E-state index is 0.289. The maximum Gasteiger partial charge on any atom is 0.256 e. The molecule has 0 atom stereocenters. The monoisotopic (exact) mass is 359 g/mol. The molecule has 24 heavy (non-hydrogen) atoms. The smallest absolute Gasteiger partial charge is 0.256 e. The van der Waals surface area contributed by atoms with Crippen molar-refractivity contribution in [2.45, 2.75) is 13.8 Å². The van der Waals surface area contributed by atoms with Gasteiger partial charge in [-0.2, -0.15) is 0 Å². The van der Waals surface area contributed by atoms with Crippen molar-refractivity contribution in [3.63, 3.8) is 0 Å². The highest BCUT2D eigenvalue weighted by Crippen LogP contribution is 2.23. The summed E-state index contributed by atoms with van der Waals surface area (Å²) in [5.74, 6) is 0.188. The van der Waals surface area contributed by atoms with E-state index in [1.54, 1.807) is 16.8 Å². The molecule has 122 valence electrons. The lowest BCUT2D eigenvalue weighted by Gasteiger charge is -2.05. The Balaban J connectivity index is 1.85. The van der Waals surface area contributed by atoms with Crippen LogP contribution in [0.15, 0.2) is 48.5 Å². The van der Waals surface area contributed by atoms with Crippen LogP contribution in [0.5, 0.6) is 0 Å². The molecule has 2 aromatic carbocycles. The van der Waals surface area contributed by atoms with Crippen LogP contribution in [0.2, 0.25) is 10.0 Å². The fourth-order valence-corrected chi connectivity index (χ4v) is 2.68. The first kappa shape index (κ1) is 16.6. The fraction of sp³-hybridized carbons (Fsp3) is 0.111. The number of nitrogens with zero attached hydrogens (tertiary/aromatic N) is 2. The average Bonchev–Trinajstić information content (AvgIpc) is 2.90. The molecule has 4 nitrogen and oxygen atoms in total. The molecule has 0 radical (unpaired) electrons. The maximum atomic E-state index is 12.3. The minimum Gasteiger partial charge on any atom is -0.305 e.